The van der Waals surface area contributed by atoms with Gasteiger partial charge in [-0.15, -0.1) is 0 Å². The number of halogens is 3. The Kier molecular flexibility index (Phi) is 5.38. The number of sulfone groups is 1. The Morgan fingerprint density at radius 3 is 2.50 bits per heavy atom. The minimum absolute atomic E-state index is 0.00253. The third-order valence-electron chi connectivity index (χ3n) is 4.55. The number of amides is 1. The van der Waals surface area contributed by atoms with Crippen molar-refractivity contribution < 1.29 is 31.1 Å². The summed E-state index contributed by atoms with van der Waals surface area (Å²) in [7, 11) is -3.11. The van der Waals surface area contributed by atoms with Gasteiger partial charge in [-0.05, 0) is 41.8 Å². The number of carbonyl (C=O) groups excluding carboxylic acids is 1. The van der Waals surface area contributed by atoms with Crippen LogP contribution in [-0.2, 0) is 16.0 Å². The predicted molar refractivity (Wildman–Crippen MR) is 97.7 cm³/mol. The first-order chi connectivity index (χ1) is 13.0. The van der Waals surface area contributed by atoms with E-state index in [4.69, 9.17) is 10.5 Å². The molecular weight excluding hydrogens is 395 g/mol. The largest absolute Gasteiger partial charge is 0.493 e. The number of alkyl halides is 3. The average Bonchev–Trinajstić information content (AvgIpc) is 2.98. The van der Waals surface area contributed by atoms with Gasteiger partial charge in [0.25, 0.3) is 0 Å². The smallest absolute Gasteiger partial charge is 0.416 e. The number of rotatable bonds is 5. The molecule has 0 aliphatic carbocycles. The Morgan fingerprint density at radius 1 is 1.18 bits per heavy atom. The van der Waals surface area contributed by atoms with Crippen LogP contribution in [0.5, 0.6) is 5.75 Å². The molecule has 0 bridgehead atoms. The maximum absolute atomic E-state index is 13.3. The first kappa shape index (κ1) is 20.2. The lowest BCUT2D eigenvalue weighted by atomic mass is 9.97. The normalized spacial score (nSPS) is 18.8. The number of carbonyl (C=O) groups is 1. The molecule has 1 aliphatic heterocycles. The SMILES string of the molecule is NC(=O)c1ccccc1-c1cc(OCC2CCS(=O)(=O)C2)cc(C(F)(F)F)c1. The highest BCUT2D eigenvalue weighted by molar-refractivity contribution is 7.91. The summed E-state index contributed by atoms with van der Waals surface area (Å²) in [5.41, 5.74) is 4.89. The van der Waals surface area contributed by atoms with Crippen molar-refractivity contribution in [1.82, 2.24) is 0 Å². The van der Waals surface area contributed by atoms with Crippen molar-refractivity contribution in [3.05, 3.63) is 53.6 Å². The standard InChI is InChI=1S/C19H18F3NO4S/c20-19(21,22)14-7-13(16-3-1-2-4-17(16)18(23)24)8-15(9-14)27-10-12-5-6-28(25,26)11-12/h1-4,7-9,12H,5-6,10-11H2,(H2,23,24). The molecule has 1 amide bonds. The molecule has 2 N–H and O–H groups in total. The lowest BCUT2D eigenvalue weighted by Crippen LogP contribution is -2.15. The van der Waals surface area contributed by atoms with Crippen LogP contribution in [0.2, 0.25) is 0 Å². The topological polar surface area (TPSA) is 86.5 Å². The van der Waals surface area contributed by atoms with Gasteiger partial charge in [0.1, 0.15) is 5.75 Å². The van der Waals surface area contributed by atoms with E-state index in [1.807, 2.05) is 0 Å². The summed E-state index contributed by atoms with van der Waals surface area (Å²) in [4.78, 5) is 11.6. The Morgan fingerprint density at radius 2 is 1.89 bits per heavy atom. The maximum atomic E-state index is 13.3. The van der Waals surface area contributed by atoms with Crippen molar-refractivity contribution in [3.8, 4) is 16.9 Å². The van der Waals surface area contributed by atoms with Gasteiger partial charge >= 0.3 is 6.18 Å². The zero-order chi connectivity index (χ0) is 20.5. The Hall–Kier alpha value is -2.55. The van der Waals surface area contributed by atoms with E-state index in [0.717, 1.165) is 12.1 Å². The third-order valence-corrected chi connectivity index (χ3v) is 6.39. The van der Waals surface area contributed by atoms with E-state index in [-0.39, 0.29) is 46.5 Å². The van der Waals surface area contributed by atoms with Gasteiger partial charge in [0.15, 0.2) is 9.84 Å². The minimum atomic E-state index is -4.62. The summed E-state index contributed by atoms with van der Waals surface area (Å²) in [5.74, 6) is -1.05. The first-order valence-electron chi connectivity index (χ1n) is 8.50. The van der Waals surface area contributed by atoms with Gasteiger partial charge in [-0.3, -0.25) is 4.79 Å². The van der Waals surface area contributed by atoms with Gasteiger partial charge in [-0.25, -0.2) is 8.42 Å². The molecule has 0 aromatic heterocycles. The molecule has 1 saturated heterocycles. The molecule has 0 saturated carbocycles. The van der Waals surface area contributed by atoms with Gasteiger partial charge in [0.2, 0.25) is 5.91 Å². The first-order valence-corrected chi connectivity index (χ1v) is 10.3. The summed E-state index contributed by atoms with van der Waals surface area (Å²) < 4.78 is 68.6. The molecule has 3 rings (SSSR count). The van der Waals surface area contributed by atoms with E-state index in [0.29, 0.717) is 6.42 Å². The van der Waals surface area contributed by atoms with Crippen LogP contribution in [0, 0.1) is 5.92 Å². The van der Waals surface area contributed by atoms with Crippen LogP contribution in [0.4, 0.5) is 13.2 Å². The fourth-order valence-electron chi connectivity index (χ4n) is 3.17. The molecule has 1 heterocycles. The Labute approximate surface area is 160 Å². The molecule has 5 nitrogen and oxygen atoms in total. The molecule has 1 fully saturated rings. The van der Waals surface area contributed by atoms with E-state index in [1.54, 1.807) is 12.1 Å². The summed E-state index contributed by atoms with van der Waals surface area (Å²) in [6.45, 7) is -0.00253. The zero-order valence-corrected chi connectivity index (χ0v) is 15.5. The molecule has 9 heteroatoms. The monoisotopic (exact) mass is 413 g/mol. The van der Waals surface area contributed by atoms with E-state index in [1.165, 1.54) is 18.2 Å². The average molecular weight is 413 g/mol. The number of nitrogens with two attached hydrogens (primary N) is 1. The van der Waals surface area contributed by atoms with Gasteiger partial charge in [-0.1, -0.05) is 18.2 Å². The quantitative estimate of drug-likeness (QED) is 0.815. The second kappa shape index (κ2) is 7.46. The fraction of sp³-hybridized carbons (Fsp3) is 0.316. The molecule has 1 atom stereocenters. The van der Waals surface area contributed by atoms with Crippen LogP contribution in [0.25, 0.3) is 11.1 Å². The van der Waals surface area contributed by atoms with E-state index in [9.17, 15) is 26.4 Å². The number of primary amides is 1. The highest BCUT2D eigenvalue weighted by Crippen LogP contribution is 2.37. The van der Waals surface area contributed by atoms with Crippen molar-refractivity contribution in [2.75, 3.05) is 18.1 Å². The lowest BCUT2D eigenvalue weighted by molar-refractivity contribution is -0.137. The van der Waals surface area contributed by atoms with E-state index in [2.05, 4.69) is 0 Å². The van der Waals surface area contributed by atoms with E-state index >= 15 is 0 Å². The van der Waals surface area contributed by atoms with Gasteiger partial charge in [-0.2, -0.15) is 13.2 Å². The molecule has 28 heavy (non-hydrogen) atoms. The van der Waals surface area contributed by atoms with Gasteiger partial charge in [0, 0.05) is 11.5 Å². The molecule has 0 spiro atoms. The molecule has 2 aromatic rings. The van der Waals surface area contributed by atoms with Crippen molar-refractivity contribution in [1.29, 1.82) is 0 Å². The van der Waals surface area contributed by atoms with Crippen molar-refractivity contribution >= 4 is 15.7 Å². The molecular formula is C19H18F3NO4S. The van der Waals surface area contributed by atoms with Crippen LogP contribution < -0.4 is 10.5 Å². The Balaban J connectivity index is 1.95. The van der Waals surface area contributed by atoms with Crippen LogP contribution >= 0.6 is 0 Å². The fourth-order valence-corrected chi connectivity index (χ4v) is 5.01. The third kappa shape index (κ3) is 4.64. The van der Waals surface area contributed by atoms with Crippen LogP contribution in [0.1, 0.15) is 22.3 Å². The van der Waals surface area contributed by atoms with E-state index < -0.39 is 27.5 Å². The summed E-state index contributed by atoms with van der Waals surface area (Å²) in [6, 6.07) is 9.26. The van der Waals surface area contributed by atoms with Crippen molar-refractivity contribution in [2.24, 2.45) is 11.7 Å². The van der Waals surface area contributed by atoms with Gasteiger partial charge in [0.05, 0.1) is 23.7 Å². The summed E-state index contributed by atoms with van der Waals surface area (Å²) in [5, 5.41) is 0. The maximum Gasteiger partial charge on any atom is 0.416 e. The summed E-state index contributed by atoms with van der Waals surface area (Å²) in [6.07, 6.45) is -4.20. The second-order valence-electron chi connectivity index (χ2n) is 6.73. The molecule has 1 aliphatic rings. The molecule has 0 radical (unpaired) electrons. The van der Waals surface area contributed by atoms with Gasteiger partial charge < -0.3 is 10.5 Å². The van der Waals surface area contributed by atoms with Crippen LogP contribution in [0.15, 0.2) is 42.5 Å². The molecule has 1 unspecified atom stereocenters. The molecule has 2 aromatic carbocycles. The van der Waals surface area contributed by atoms with Crippen LogP contribution in [-0.4, -0.2) is 32.4 Å². The highest BCUT2D eigenvalue weighted by atomic mass is 32.2. The second-order valence-corrected chi connectivity index (χ2v) is 8.96. The Bertz CT molecular complexity index is 1000. The zero-order valence-electron chi connectivity index (χ0n) is 14.7. The van der Waals surface area contributed by atoms with Crippen molar-refractivity contribution in [3.63, 3.8) is 0 Å². The number of hydrogen-bond acceptors (Lipinski definition) is 4. The highest BCUT2D eigenvalue weighted by Gasteiger charge is 2.32. The van der Waals surface area contributed by atoms with Crippen LogP contribution in [0.3, 0.4) is 0 Å². The molecule has 150 valence electrons. The minimum Gasteiger partial charge on any atom is -0.493 e. The number of hydrogen-bond donors (Lipinski definition) is 1. The summed E-state index contributed by atoms with van der Waals surface area (Å²) >= 11 is 0. The number of ether oxygens (including phenoxy) is 1. The predicted octanol–water partition coefficient (Wildman–Crippen LogP) is 3.28. The lowest BCUT2D eigenvalue weighted by Gasteiger charge is -2.16. The number of benzene rings is 2. The van der Waals surface area contributed by atoms with Crippen molar-refractivity contribution in [2.45, 2.75) is 12.6 Å².